The van der Waals surface area contributed by atoms with Crippen molar-refractivity contribution in [1.29, 1.82) is 0 Å². The molecule has 2 fully saturated rings. The molecule has 3 N–H and O–H groups in total. The number of aromatic nitrogens is 4. The second kappa shape index (κ2) is 9.44. The summed E-state index contributed by atoms with van der Waals surface area (Å²) in [6, 6.07) is 8.02. The zero-order valence-corrected chi connectivity index (χ0v) is 21.3. The molecule has 1 aliphatic heterocycles. The third kappa shape index (κ3) is 4.49. The minimum Gasteiger partial charge on any atom is -0.367 e. The number of carbonyl (C=O) groups is 1. The monoisotopic (exact) mass is 555 g/mol. The maximum atomic E-state index is 14.4. The predicted octanol–water partition coefficient (Wildman–Crippen LogP) is 3.87. The van der Waals surface area contributed by atoms with E-state index in [-0.39, 0.29) is 30.5 Å². The number of hydrogen-bond donors (Lipinski definition) is 2. The molecule has 0 spiro atoms. The molecule has 1 aliphatic carbocycles. The van der Waals surface area contributed by atoms with E-state index < -0.39 is 40.8 Å². The molecule has 1 saturated heterocycles. The first-order valence-electron chi connectivity index (χ1n) is 12.8. The zero-order valence-electron chi connectivity index (χ0n) is 21.3. The average molecular weight is 556 g/mol. The number of anilines is 2. The van der Waals surface area contributed by atoms with Crippen molar-refractivity contribution in [3.63, 3.8) is 0 Å². The van der Waals surface area contributed by atoms with Gasteiger partial charge in [0.15, 0.2) is 11.6 Å². The van der Waals surface area contributed by atoms with Crippen LogP contribution in [-0.2, 0) is 0 Å². The molecule has 0 radical (unpaired) electrons. The topological polar surface area (TPSA) is 111 Å². The average Bonchev–Trinajstić information content (AvgIpc) is 3.45. The van der Waals surface area contributed by atoms with E-state index >= 15 is 0 Å². The number of fused-ring (bicyclic) bond motifs is 1. The van der Waals surface area contributed by atoms with Crippen molar-refractivity contribution >= 4 is 28.2 Å². The summed E-state index contributed by atoms with van der Waals surface area (Å²) >= 11 is 0. The lowest BCUT2D eigenvalue weighted by Gasteiger charge is -2.34. The maximum absolute atomic E-state index is 14.4. The smallest absolute Gasteiger partial charge is 0.276 e. The van der Waals surface area contributed by atoms with E-state index in [0.29, 0.717) is 40.0 Å². The maximum Gasteiger partial charge on any atom is 0.276 e. The van der Waals surface area contributed by atoms with Crippen molar-refractivity contribution in [2.75, 3.05) is 23.3 Å². The number of carbonyl (C=O) groups excluding carboxylic acids is 1. The van der Waals surface area contributed by atoms with E-state index in [1.54, 1.807) is 18.3 Å². The van der Waals surface area contributed by atoms with Crippen LogP contribution in [0.15, 0.2) is 53.5 Å². The van der Waals surface area contributed by atoms with Crippen molar-refractivity contribution in [3.8, 4) is 5.69 Å². The van der Waals surface area contributed by atoms with E-state index in [4.69, 9.17) is 5.73 Å². The van der Waals surface area contributed by atoms with Crippen LogP contribution in [0.5, 0.6) is 0 Å². The lowest BCUT2D eigenvalue weighted by atomic mass is 9.88. The van der Waals surface area contributed by atoms with E-state index in [1.165, 1.54) is 4.68 Å². The van der Waals surface area contributed by atoms with Gasteiger partial charge in [-0.25, -0.2) is 17.6 Å². The minimum atomic E-state index is -2.71. The fourth-order valence-corrected chi connectivity index (χ4v) is 5.29. The largest absolute Gasteiger partial charge is 0.367 e. The molecule has 2 atom stereocenters. The van der Waals surface area contributed by atoms with E-state index in [9.17, 15) is 27.2 Å². The molecule has 2 aromatic heterocycles. The lowest BCUT2D eigenvalue weighted by molar-refractivity contribution is -0.106. The van der Waals surface area contributed by atoms with Crippen molar-refractivity contribution < 1.29 is 22.4 Å². The number of halogens is 4. The first-order valence-corrected chi connectivity index (χ1v) is 12.8. The van der Waals surface area contributed by atoms with Gasteiger partial charge in [-0.05, 0) is 36.2 Å². The Kier molecular flexibility index (Phi) is 6.13. The summed E-state index contributed by atoms with van der Waals surface area (Å²) in [5.41, 5.74) is 6.08. The molecule has 9 nitrogen and oxygen atoms in total. The molecule has 6 rings (SSSR count). The second-order valence-electron chi connectivity index (χ2n) is 10.5. The van der Waals surface area contributed by atoms with Crippen LogP contribution in [0.25, 0.3) is 16.6 Å². The van der Waals surface area contributed by atoms with Gasteiger partial charge < -0.3 is 16.0 Å². The second-order valence-corrected chi connectivity index (χ2v) is 10.5. The Morgan fingerprint density at radius 3 is 2.40 bits per heavy atom. The predicted molar refractivity (Wildman–Crippen MR) is 140 cm³/mol. The summed E-state index contributed by atoms with van der Waals surface area (Å²) in [7, 11) is 0. The van der Waals surface area contributed by atoms with Crippen LogP contribution < -0.4 is 21.5 Å². The lowest BCUT2D eigenvalue weighted by Crippen LogP contribution is -2.37. The Bertz CT molecular complexity index is 1660. The number of rotatable bonds is 5. The Hall–Kier alpha value is -4.26. The van der Waals surface area contributed by atoms with E-state index in [2.05, 4.69) is 15.5 Å². The molecule has 208 valence electrons. The molecular weight excluding hydrogens is 530 g/mol. The summed E-state index contributed by atoms with van der Waals surface area (Å²) in [5.74, 6) is -5.31. The van der Waals surface area contributed by atoms with Gasteiger partial charge in [0.1, 0.15) is 11.4 Å². The van der Waals surface area contributed by atoms with Gasteiger partial charge in [-0.3, -0.25) is 14.3 Å². The van der Waals surface area contributed by atoms with Gasteiger partial charge in [-0.2, -0.15) is 14.9 Å². The number of amides is 1. The van der Waals surface area contributed by atoms with Gasteiger partial charge in [0.05, 0.1) is 22.9 Å². The SMILES string of the molecule is C[C@H]1CN(c2c(NC(=O)c3ccc(=O)n(-c4c(F)cccc4F)n3)ccc3nn(C4CC(F)(F)C4)cc23)C[C@@H]1N. The summed E-state index contributed by atoms with van der Waals surface area (Å²) in [6.07, 6.45) is 1.11. The standard InChI is InChI=1S/C27H25F4N7O2/c1-14-11-36(13-19(14)32)24-16-12-37(15-9-27(30,31)10-15)34-20(16)5-6-21(24)33-26(40)22-7-8-23(39)38(35-22)25-17(28)3-2-4-18(25)29/h2-8,12,14-15,19H,9-11,13,32H2,1H3,(H,33,40)/t14-,19-/m0/s1. The number of hydrogen-bond acceptors (Lipinski definition) is 6. The fraction of sp³-hybridized carbons (Fsp3) is 0.333. The highest BCUT2D eigenvalue weighted by Gasteiger charge is 2.47. The molecule has 40 heavy (non-hydrogen) atoms. The fourth-order valence-electron chi connectivity index (χ4n) is 5.29. The third-order valence-corrected chi connectivity index (χ3v) is 7.54. The molecular formula is C27H25F4N7O2. The molecule has 3 heterocycles. The highest BCUT2D eigenvalue weighted by atomic mass is 19.3. The quantitative estimate of drug-likeness (QED) is 0.362. The van der Waals surface area contributed by atoms with Crippen molar-refractivity contribution in [3.05, 3.63) is 76.3 Å². The van der Waals surface area contributed by atoms with Crippen LogP contribution in [0.4, 0.5) is 28.9 Å². The Morgan fingerprint density at radius 1 is 1.02 bits per heavy atom. The van der Waals surface area contributed by atoms with Crippen LogP contribution in [0.1, 0.15) is 36.3 Å². The Labute approximate surface area is 225 Å². The van der Waals surface area contributed by atoms with Crippen LogP contribution in [0.3, 0.4) is 0 Å². The molecule has 13 heteroatoms. The van der Waals surface area contributed by atoms with Gasteiger partial charge in [-0.15, -0.1) is 0 Å². The van der Waals surface area contributed by atoms with Gasteiger partial charge >= 0.3 is 0 Å². The van der Waals surface area contributed by atoms with Crippen LogP contribution in [0, 0.1) is 17.6 Å². The molecule has 0 unspecified atom stereocenters. The van der Waals surface area contributed by atoms with Crippen molar-refractivity contribution in [1.82, 2.24) is 19.6 Å². The Balaban J connectivity index is 1.38. The number of nitrogens with two attached hydrogens (primary N) is 1. The number of nitrogens with zero attached hydrogens (tertiary/aromatic N) is 5. The van der Waals surface area contributed by atoms with Crippen LogP contribution >= 0.6 is 0 Å². The number of benzene rings is 2. The third-order valence-electron chi connectivity index (χ3n) is 7.54. The summed E-state index contributed by atoms with van der Waals surface area (Å²) < 4.78 is 57.8. The summed E-state index contributed by atoms with van der Waals surface area (Å²) in [4.78, 5) is 27.7. The van der Waals surface area contributed by atoms with Crippen LogP contribution in [-0.4, -0.2) is 50.5 Å². The molecule has 1 saturated carbocycles. The van der Waals surface area contributed by atoms with Crippen LogP contribution in [0.2, 0.25) is 0 Å². The van der Waals surface area contributed by atoms with Gasteiger partial charge in [0.2, 0.25) is 0 Å². The minimum absolute atomic E-state index is 0.125. The first kappa shape index (κ1) is 26.0. The molecule has 2 aromatic carbocycles. The van der Waals surface area contributed by atoms with E-state index in [1.807, 2.05) is 11.8 Å². The highest BCUT2D eigenvalue weighted by molar-refractivity contribution is 6.08. The zero-order chi connectivity index (χ0) is 28.3. The first-order chi connectivity index (χ1) is 19.0. The molecule has 0 bridgehead atoms. The Morgan fingerprint density at radius 2 is 1.75 bits per heavy atom. The van der Waals surface area contributed by atoms with Crippen molar-refractivity contribution in [2.24, 2.45) is 11.7 Å². The van der Waals surface area contributed by atoms with Gasteiger partial charge in [-0.1, -0.05) is 13.0 Å². The van der Waals surface area contributed by atoms with E-state index in [0.717, 1.165) is 30.3 Å². The summed E-state index contributed by atoms with van der Waals surface area (Å²) in [6.45, 7) is 3.09. The molecule has 2 aliphatic rings. The van der Waals surface area contributed by atoms with Crippen molar-refractivity contribution in [2.45, 2.75) is 37.8 Å². The number of para-hydroxylation sites is 1. The molecule has 4 aromatic rings. The number of alkyl halides is 2. The molecule has 1 amide bonds. The normalized spacial score (nSPS) is 20.6. The summed E-state index contributed by atoms with van der Waals surface area (Å²) in [5, 5.41) is 11.9. The van der Waals surface area contributed by atoms with Gasteiger partial charge in [0, 0.05) is 49.6 Å². The number of nitrogens with one attached hydrogen (secondary N) is 1. The highest BCUT2D eigenvalue weighted by Crippen LogP contribution is 2.46. The van der Waals surface area contributed by atoms with Gasteiger partial charge in [0.25, 0.3) is 17.4 Å².